The van der Waals surface area contributed by atoms with Crippen LogP contribution in [0.2, 0.25) is 5.02 Å². The Morgan fingerprint density at radius 3 is 2.82 bits per heavy atom. The number of rotatable bonds is 2. The highest BCUT2D eigenvalue weighted by Crippen LogP contribution is 2.25. The van der Waals surface area contributed by atoms with Crippen LogP contribution >= 0.6 is 27.5 Å². The third kappa shape index (κ3) is 3.51. The van der Waals surface area contributed by atoms with Crippen molar-refractivity contribution >= 4 is 33.4 Å². The Morgan fingerprint density at radius 1 is 1.23 bits per heavy atom. The van der Waals surface area contributed by atoms with Crippen molar-refractivity contribution in [2.45, 2.75) is 6.10 Å². The molecule has 0 saturated carbocycles. The lowest BCUT2D eigenvalue weighted by atomic mass is 10.1. The van der Waals surface area contributed by atoms with Crippen molar-refractivity contribution in [2.75, 3.05) is 19.7 Å². The van der Waals surface area contributed by atoms with Crippen LogP contribution in [0.5, 0.6) is 0 Å². The maximum Gasteiger partial charge on any atom is 0.254 e. The molecule has 0 bridgehead atoms. The highest BCUT2D eigenvalue weighted by atomic mass is 79.9. The van der Waals surface area contributed by atoms with E-state index in [2.05, 4.69) is 15.9 Å². The van der Waals surface area contributed by atoms with Crippen molar-refractivity contribution in [1.82, 2.24) is 4.90 Å². The van der Waals surface area contributed by atoms with Gasteiger partial charge in [-0.15, -0.1) is 0 Å². The summed E-state index contributed by atoms with van der Waals surface area (Å²) in [6.45, 7) is 1.66. The second kappa shape index (κ2) is 6.82. The normalized spacial score (nSPS) is 18.3. The highest BCUT2D eigenvalue weighted by molar-refractivity contribution is 9.10. The first-order valence-corrected chi connectivity index (χ1v) is 8.22. The number of benzene rings is 2. The van der Waals surface area contributed by atoms with E-state index in [0.29, 0.717) is 30.3 Å². The molecule has 5 heteroatoms. The number of hydrogen-bond acceptors (Lipinski definition) is 2. The smallest absolute Gasteiger partial charge is 0.254 e. The van der Waals surface area contributed by atoms with Crippen LogP contribution in [0.3, 0.4) is 0 Å². The Bertz CT molecular complexity index is 692. The van der Waals surface area contributed by atoms with Gasteiger partial charge in [0, 0.05) is 21.6 Å². The first-order chi connectivity index (χ1) is 10.6. The molecule has 1 amide bonds. The van der Waals surface area contributed by atoms with Gasteiger partial charge in [-0.2, -0.15) is 0 Å². The van der Waals surface area contributed by atoms with E-state index in [1.807, 2.05) is 53.4 Å². The van der Waals surface area contributed by atoms with Gasteiger partial charge < -0.3 is 9.64 Å². The monoisotopic (exact) mass is 379 g/mol. The van der Waals surface area contributed by atoms with E-state index in [1.54, 1.807) is 0 Å². The number of nitrogens with zero attached hydrogens (tertiary/aromatic N) is 1. The van der Waals surface area contributed by atoms with Crippen LogP contribution in [0.1, 0.15) is 22.0 Å². The van der Waals surface area contributed by atoms with E-state index in [4.69, 9.17) is 16.3 Å². The van der Waals surface area contributed by atoms with Gasteiger partial charge in [0.05, 0.1) is 13.2 Å². The molecule has 1 heterocycles. The minimum atomic E-state index is -0.136. The van der Waals surface area contributed by atoms with Crippen LogP contribution in [0.15, 0.2) is 53.0 Å². The van der Waals surface area contributed by atoms with E-state index in [0.717, 1.165) is 10.0 Å². The molecular formula is C17H15BrClNO2. The highest BCUT2D eigenvalue weighted by Gasteiger charge is 2.26. The third-order valence-electron chi connectivity index (χ3n) is 3.65. The molecule has 1 aliphatic heterocycles. The van der Waals surface area contributed by atoms with Crippen LogP contribution in [0, 0.1) is 0 Å². The van der Waals surface area contributed by atoms with Crippen molar-refractivity contribution < 1.29 is 9.53 Å². The average molecular weight is 381 g/mol. The summed E-state index contributed by atoms with van der Waals surface area (Å²) in [5.74, 6) is 0.0247. The van der Waals surface area contributed by atoms with Gasteiger partial charge in [-0.05, 0) is 35.9 Å². The van der Waals surface area contributed by atoms with Crippen LogP contribution in [-0.4, -0.2) is 30.5 Å². The molecule has 2 aromatic carbocycles. The van der Waals surface area contributed by atoms with Crippen LogP contribution in [0.25, 0.3) is 0 Å². The molecule has 0 N–H and O–H groups in total. The van der Waals surface area contributed by atoms with Crippen molar-refractivity contribution in [3.05, 3.63) is 69.2 Å². The lowest BCUT2D eigenvalue weighted by molar-refractivity contribution is -0.0228. The van der Waals surface area contributed by atoms with Gasteiger partial charge >= 0.3 is 0 Å². The van der Waals surface area contributed by atoms with E-state index < -0.39 is 0 Å². The lowest BCUT2D eigenvalue weighted by Gasteiger charge is -2.33. The summed E-state index contributed by atoms with van der Waals surface area (Å²) < 4.78 is 6.70. The number of ether oxygens (including phenoxy) is 1. The fraction of sp³-hybridized carbons (Fsp3) is 0.235. The maximum absolute atomic E-state index is 12.6. The summed E-state index contributed by atoms with van der Waals surface area (Å²) in [4.78, 5) is 14.4. The summed E-state index contributed by atoms with van der Waals surface area (Å²) in [5, 5.41) is 0.677. The van der Waals surface area contributed by atoms with Crippen molar-refractivity contribution in [1.29, 1.82) is 0 Å². The quantitative estimate of drug-likeness (QED) is 0.777. The molecule has 1 saturated heterocycles. The molecule has 1 atom stereocenters. The van der Waals surface area contributed by atoms with Crippen molar-refractivity contribution in [2.24, 2.45) is 0 Å². The minimum absolute atomic E-state index is 0.0247. The topological polar surface area (TPSA) is 29.5 Å². The van der Waals surface area contributed by atoms with Gasteiger partial charge in [0.1, 0.15) is 6.10 Å². The van der Waals surface area contributed by atoms with Gasteiger partial charge in [-0.3, -0.25) is 4.79 Å². The SMILES string of the molecule is O=C(c1cccc(Br)c1)N1CCOC(c2cccc(Cl)c2)C1. The molecule has 0 radical (unpaired) electrons. The molecule has 0 aliphatic carbocycles. The maximum atomic E-state index is 12.6. The second-order valence-corrected chi connectivity index (χ2v) is 6.53. The molecule has 3 rings (SSSR count). The molecular weight excluding hydrogens is 366 g/mol. The molecule has 0 aromatic heterocycles. The standard InChI is InChI=1S/C17H15BrClNO2/c18-14-5-1-4-13(9-14)17(21)20-7-8-22-16(11-20)12-3-2-6-15(19)10-12/h1-6,9-10,16H,7-8,11H2. The summed E-state index contributed by atoms with van der Waals surface area (Å²) >= 11 is 9.44. The first kappa shape index (κ1) is 15.5. The largest absolute Gasteiger partial charge is 0.370 e. The van der Waals surface area contributed by atoms with E-state index >= 15 is 0 Å². The van der Waals surface area contributed by atoms with Crippen molar-refractivity contribution in [3.63, 3.8) is 0 Å². The van der Waals surface area contributed by atoms with Crippen molar-refractivity contribution in [3.8, 4) is 0 Å². The van der Waals surface area contributed by atoms with E-state index in [1.165, 1.54) is 0 Å². The summed E-state index contributed by atoms with van der Waals surface area (Å²) in [5.41, 5.74) is 1.68. The molecule has 114 valence electrons. The number of amides is 1. The number of hydrogen-bond donors (Lipinski definition) is 0. The summed E-state index contributed by atoms with van der Waals surface area (Å²) in [6, 6.07) is 15.0. The molecule has 22 heavy (non-hydrogen) atoms. The van der Waals surface area contributed by atoms with Gasteiger partial charge in [0.15, 0.2) is 0 Å². The summed E-state index contributed by atoms with van der Waals surface area (Å²) in [7, 11) is 0. The third-order valence-corrected chi connectivity index (χ3v) is 4.37. The van der Waals surface area contributed by atoms with Gasteiger partial charge in [0.2, 0.25) is 0 Å². The number of carbonyl (C=O) groups excluding carboxylic acids is 1. The molecule has 1 unspecified atom stereocenters. The molecule has 1 fully saturated rings. The fourth-order valence-corrected chi connectivity index (χ4v) is 3.14. The molecule has 3 nitrogen and oxygen atoms in total. The number of halogens is 2. The summed E-state index contributed by atoms with van der Waals surface area (Å²) in [6.07, 6.45) is -0.136. The average Bonchev–Trinajstić information content (AvgIpc) is 2.54. The Morgan fingerprint density at radius 2 is 2.05 bits per heavy atom. The van der Waals surface area contributed by atoms with Gasteiger partial charge in [-0.1, -0.05) is 45.7 Å². The van der Waals surface area contributed by atoms with Crippen LogP contribution in [0.4, 0.5) is 0 Å². The van der Waals surface area contributed by atoms with Crippen LogP contribution < -0.4 is 0 Å². The zero-order valence-corrected chi connectivity index (χ0v) is 14.2. The van der Waals surface area contributed by atoms with Crippen LogP contribution in [-0.2, 0) is 4.74 Å². The van der Waals surface area contributed by atoms with Gasteiger partial charge in [0.25, 0.3) is 5.91 Å². The Hall–Kier alpha value is -1.36. The Kier molecular flexibility index (Phi) is 4.81. The van der Waals surface area contributed by atoms with Gasteiger partial charge in [-0.25, -0.2) is 0 Å². The first-order valence-electron chi connectivity index (χ1n) is 7.05. The Labute approximate surface area is 143 Å². The minimum Gasteiger partial charge on any atom is -0.370 e. The Balaban J connectivity index is 1.77. The zero-order valence-electron chi connectivity index (χ0n) is 11.8. The number of carbonyl (C=O) groups is 1. The van der Waals surface area contributed by atoms with E-state index in [9.17, 15) is 4.79 Å². The number of morpholine rings is 1. The van der Waals surface area contributed by atoms with E-state index in [-0.39, 0.29) is 12.0 Å². The lowest BCUT2D eigenvalue weighted by Crippen LogP contribution is -2.42. The molecule has 1 aliphatic rings. The predicted molar refractivity (Wildman–Crippen MR) is 90.2 cm³/mol. The zero-order chi connectivity index (χ0) is 15.5. The second-order valence-electron chi connectivity index (χ2n) is 5.18. The fourth-order valence-electron chi connectivity index (χ4n) is 2.55. The predicted octanol–water partition coefficient (Wildman–Crippen LogP) is 4.32. The molecule has 0 spiro atoms. The molecule has 2 aromatic rings.